The number of ether oxygens (including phenoxy) is 1. The normalized spacial score (nSPS) is 10.8. The van der Waals surface area contributed by atoms with Crippen LogP contribution in [0.2, 0.25) is 0 Å². The maximum Gasteiger partial charge on any atom is 0.328 e. The number of nitrogens with zero attached hydrogens (tertiary/aromatic N) is 4. The van der Waals surface area contributed by atoms with Crippen LogP contribution in [0.3, 0.4) is 0 Å². The summed E-state index contributed by atoms with van der Waals surface area (Å²) in [6.07, 6.45) is 5.42. The summed E-state index contributed by atoms with van der Waals surface area (Å²) in [7, 11) is 1.78. The first-order chi connectivity index (χ1) is 9.15. The number of hydrogen-bond donors (Lipinski definition) is 1. The highest BCUT2D eigenvalue weighted by Gasteiger charge is 2.01. The molecule has 0 radical (unpaired) electrons. The van der Waals surface area contributed by atoms with E-state index in [9.17, 15) is 4.79 Å². The Morgan fingerprint density at radius 1 is 1.47 bits per heavy atom. The number of aliphatic carboxylic acids is 1. The Kier molecular flexibility index (Phi) is 3.87. The fourth-order valence-electron chi connectivity index (χ4n) is 1.33. The second kappa shape index (κ2) is 5.76. The first kappa shape index (κ1) is 12.7. The van der Waals surface area contributed by atoms with Crippen molar-refractivity contribution in [3.8, 4) is 5.75 Å². The Bertz CT molecular complexity index is 589. The van der Waals surface area contributed by atoms with Crippen molar-refractivity contribution >= 4 is 12.0 Å². The number of hydrogen-bond acceptors (Lipinski definition) is 5. The van der Waals surface area contributed by atoms with Crippen molar-refractivity contribution in [2.75, 3.05) is 0 Å². The van der Waals surface area contributed by atoms with E-state index >= 15 is 0 Å². The molecule has 0 aliphatic heterocycles. The summed E-state index contributed by atoms with van der Waals surface area (Å²) < 4.78 is 7.11. The molecule has 7 heteroatoms. The van der Waals surface area contributed by atoms with Crippen LogP contribution in [0.4, 0.5) is 0 Å². The van der Waals surface area contributed by atoms with E-state index < -0.39 is 5.97 Å². The van der Waals surface area contributed by atoms with Crippen LogP contribution in [-0.2, 0) is 18.4 Å². The van der Waals surface area contributed by atoms with Gasteiger partial charge in [0.15, 0.2) is 5.82 Å². The van der Waals surface area contributed by atoms with Crippen LogP contribution in [0.25, 0.3) is 6.08 Å². The van der Waals surface area contributed by atoms with Crippen molar-refractivity contribution in [3.05, 3.63) is 42.3 Å². The number of aromatic nitrogens is 4. The number of rotatable bonds is 5. The summed E-state index contributed by atoms with van der Waals surface area (Å²) in [5, 5.41) is 12.4. The average molecular weight is 260 g/mol. The number of pyridine rings is 1. The Morgan fingerprint density at radius 3 is 2.89 bits per heavy atom. The van der Waals surface area contributed by atoms with Crippen LogP contribution < -0.4 is 4.74 Å². The van der Waals surface area contributed by atoms with Crippen LogP contribution in [-0.4, -0.2) is 30.8 Å². The van der Waals surface area contributed by atoms with Crippen molar-refractivity contribution in [1.82, 2.24) is 19.7 Å². The summed E-state index contributed by atoms with van der Waals surface area (Å²) in [6.45, 7) is 0.294. The Morgan fingerprint density at radius 2 is 2.32 bits per heavy atom. The van der Waals surface area contributed by atoms with Gasteiger partial charge in [-0.05, 0) is 18.2 Å². The molecular formula is C12H12N4O3. The fraction of sp³-hybridized carbons (Fsp3) is 0.167. The van der Waals surface area contributed by atoms with Gasteiger partial charge in [0.1, 0.15) is 18.7 Å². The highest BCUT2D eigenvalue weighted by Crippen LogP contribution is 2.11. The Labute approximate surface area is 109 Å². The van der Waals surface area contributed by atoms with Gasteiger partial charge in [0.05, 0.1) is 11.9 Å². The summed E-state index contributed by atoms with van der Waals surface area (Å²) in [5.41, 5.74) is 0.549. The molecule has 0 atom stereocenters. The molecule has 2 aromatic rings. The van der Waals surface area contributed by atoms with Gasteiger partial charge in [-0.15, -0.1) is 0 Å². The van der Waals surface area contributed by atoms with Crippen molar-refractivity contribution in [1.29, 1.82) is 0 Å². The van der Waals surface area contributed by atoms with E-state index in [0.29, 0.717) is 23.9 Å². The first-order valence-electron chi connectivity index (χ1n) is 5.48. The van der Waals surface area contributed by atoms with Crippen LogP contribution >= 0.6 is 0 Å². The quantitative estimate of drug-likeness (QED) is 0.803. The van der Waals surface area contributed by atoms with Gasteiger partial charge in [-0.25, -0.2) is 9.78 Å². The van der Waals surface area contributed by atoms with E-state index in [1.54, 1.807) is 23.9 Å². The molecule has 0 bridgehead atoms. The lowest BCUT2D eigenvalue weighted by atomic mass is 10.3. The molecule has 0 fully saturated rings. The molecule has 1 N–H and O–H groups in total. The molecule has 0 amide bonds. The van der Waals surface area contributed by atoms with Gasteiger partial charge < -0.3 is 9.84 Å². The molecular weight excluding hydrogens is 248 g/mol. The largest absolute Gasteiger partial charge is 0.484 e. The highest BCUT2D eigenvalue weighted by molar-refractivity contribution is 5.84. The second-order valence-electron chi connectivity index (χ2n) is 3.68. The Balaban J connectivity index is 1.95. The molecule has 0 saturated carbocycles. The van der Waals surface area contributed by atoms with E-state index in [1.807, 2.05) is 0 Å². The Hall–Kier alpha value is -2.70. The minimum atomic E-state index is -1.01. The maximum absolute atomic E-state index is 10.4. The SMILES string of the molecule is Cn1ncnc1COc1ccc(C=CC(=O)O)nc1. The second-order valence-corrected chi connectivity index (χ2v) is 3.68. The van der Waals surface area contributed by atoms with Crippen LogP contribution in [0, 0.1) is 0 Å². The molecule has 0 spiro atoms. The number of carboxylic acids is 1. The van der Waals surface area contributed by atoms with Crippen LogP contribution in [0.15, 0.2) is 30.7 Å². The molecule has 0 saturated heterocycles. The van der Waals surface area contributed by atoms with Crippen molar-refractivity contribution < 1.29 is 14.6 Å². The van der Waals surface area contributed by atoms with Crippen molar-refractivity contribution in [2.24, 2.45) is 7.05 Å². The van der Waals surface area contributed by atoms with Crippen LogP contribution in [0.5, 0.6) is 5.75 Å². The zero-order chi connectivity index (χ0) is 13.7. The third-order valence-electron chi connectivity index (χ3n) is 2.33. The number of aryl methyl sites for hydroxylation is 1. The van der Waals surface area contributed by atoms with Gasteiger partial charge in [-0.1, -0.05) is 0 Å². The monoisotopic (exact) mass is 260 g/mol. The molecule has 0 aliphatic carbocycles. The third kappa shape index (κ3) is 3.63. The topological polar surface area (TPSA) is 90.1 Å². The van der Waals surface area contributed by atoms with Crippen molar-refractivity contribution in [2.45, 2.75) is 6.61 Å². The highest BCUT2D eigenvalue weighted by atomic mass is 16.5. The predicted molar refractivity (Wildman–Crippen MR) is 66.2 cm³/mol. The van der Waals surface area contributed by atoms with E-state index in [1.165, 1.54) is 18.6 Å². The minimum Gasteiger partial charge on any atom is -0.484 e. The van der Waals surface area contributed by atoms with Crippen molar-refractivity contribution in [3.63, 3.8) is 0 Å². The molecule has 0 aliphatic rings. The molecule has 2 rings (SSSR count). The van der Waals surface area contributed by atoms with E-state index in [0.717, 1.165) is 6.08 Å². The first-order valence-corrected chi connectivity index (χ1v) is 5.48. The zero-order valence-electron chi connectivity index (χ0n) is 10.2. The fourth-order valence-corrected chi connectivity index (χ4v) is 1.33. The molecule has 7 nitrogen and oxygen atoms in total. The van der Waals surface area contributed by atoms with E-state index in [-0.39, 0.29) is 0 Å². The van der Waals surface area contributed by atoms with Gasteiger partial charge in [0.2, 0.25) is 0 Å². The summed E-state index contributed by atoms with van der Waals surface area (Å²) >= 11 is 0. The lowest BCUT2D eigenvalue weighted by Gasteiger charge is -2.04. The van der Waals surface area contributed by atoms with Crippen LogP contribution in [0.1, 0.15) is 11.5 Å². The molecule has 19 heavy (non-hydrogen) atoms. The summed E-state index contributed by atoms with van der Waals surface area (Å²) in [4.78, 5) is 18.4. The molecule has 0 aromatic carbocycles. The molecule has 98 valence electrons. The lowest BCUT2D eigenvalue weighted by Crippen LogP contribution is -2.04. The maximum atomic E-state index is 10.4. The van der Waals surface area contributed by atoms with Gasteiger partial charge in [0, 0.05) is 13.1 Å². The van der Waals surface area contributed by atoms with Gasteiger partial charge >= 0.3 is 5.97 Å². The van der Waals surface area contributed by atoms with Gasteiger partial charge in [-0.3, -0.25) is 9.67 Å². The smallest absolute Gasteiger partial charge is 0.328 e. The average Bonchev–Trinajstić information content (AvgIpc) is 2.81. The number of carbonyl (C=O) groups is 1. The third-order valence-corrected chi connectivity index (χ3v) is 2.33. The predicted octanol–water partition coefficient (Wildman–Crippen LogP) is 0.887. The lowest BCUT2D eigenvalue weighted by molar-refractivity contribution is -0.131. The van der Waals surface area contributed by atoms with Gasteiger partial charge in [0.25, 0.3) is 0 Å². The minimum absolute atomic E-state index is 0.294. The number of carboxylic acid groups (broad SMARTS) is 1. The molecule has 2 heterocycles. The zero-order valence-corrected chi connectivity index (χ0v) is 10.2. The van der Waals surface area contributed by atoms with Gasteiger partial charge in [-0.2, -0.15) is 5.10 Å². The summed E-state index contributed by atoms with van der Waals surface area (Å²) in [5.74, 6) is 0.273. The molecule has 0 unspecified atom stereocenters. The summed E-state index contributed by atoms with van der Waals surface area (Å²) in [6, 6.07) is 3.39. The van der Waals surface area contributed by atoms with E-state index in [2.05, 4.69) is 15.1 Å². The standard InChI is InChI=1S/C12H12N4O3/c1-16-11(14-8-15-16)7-19-10-4-2-9(13-6-10)3-5-12(17)18/h2-6,8H,7H2,1H3,(H,17,18). The molecule has 2 aromatic heterocycles. The van der Waals surface area contributed by atoms with E-state index in [4.69, 9.17) is 9.84 Å².